The summed E-state index contributed by atoms with van der Waals surface area (Å²) in [7, 11) is 0. The quantitative estimate of drug-likeness (QED) is 0.729. The molecule has 2 rings (SSSR count). The van der Waals surface area contributed by atoms with Gasteiger partial charge in [0.05, 0.1) is 0 Å². The normalized spacial score (nSPS) is 10.5. The Hall–Kier alpha value is -2.76. The van der Waals surface area contributed by atoms with Crippen molar-refractivity contribution >= 4 is 23.2 Å². The van der Waals surface area contributed by atoms with Crippen molar-refractivity contribution < 1.29 is 9.59 Å². The summed E-state index contributed by atoms with van der Waals surface area (Å²) in [6, 6.07) is 8.55. The van der Waals surface area contributed by atoms with Crippen LogP contribution in [0.3, 0.4) is 0 Å². The Kier molecular flexibility index (Phi) is 6.83. The van der Waals surface area contributed by atoms with Crippen molar-refractivity contribution in [2.45, 2.75) is 40.5 Å². The Morgan fingerprint density at radius 2 is 1.65 bits per heavy atom. The number of benzene rings is 1. The average molecular weight is 354 g/mol. The SMILES string of the molecule is CCCN(CCC)c1cc(C(=O)Nc2ccc(C(C)=O)cc2)nc(C)n1. The fraction of sp³-hybridized carbons (Fsp3) is 0.400. The summed E-state index contributed by atoms with van der Waals surface area (Å²) < 4.78 is 0. The third-order valence-electron chi connectivity index (χ3n) is 3.92. The molecule has 6 heteroatoms. The summed E-state index contributed by atoms with van der Waals surface area (Å²) in [4.78, 5) is 34.9. The molecule has 138 valence electrons. The molecular weight excluding hydrogens is 328 g/mol. The van der Waals surface area contributed by atoms with Gasteiger partial charge in [0.2, 0.25) is 0 Å². The van der Waals surface area contributed by atoms with E-state index >= 15 is 0 Å². The van der Waals surface area contributed by atoms with E-state index < -0.39 is 0 Å². The molecule has 1 heterocycles. The molecule has 26 heavy (non-hydrogen) atoms. The maximum absolute atomic E-state index is 12.6. The topological polar surface area (TPSA) is 75.2 Å². The lowest BCUT2D eigenvalue weighted by atomic mass is 10.1. The molecule has 0 aliphatic heterocycles. The van der Waals surface area contributed by atoms with Crippen molar-refractivity contribution in [1.82, 2.24) is 9.97 Å². The first-order valence-corrected chi connectivity index (χ1v) is 8.97. The molecule has 0 aliphatic rings. The Morgan fingerprint density at radius 1 is 1.04 bits per heavy atom. The number of anilines is 2. The minimum absolute atomic E-state index is 0.00844. The highest BCUT2D eigenvalue weighted by molar-refractivity contribution is 6.03. The van der Waals surface area contributed by atoms with Crippen molar-refractivity contribution in [2.24, 2.45) is 0 Å². The summed E-state index contributed by atoms with van der Waals surface area (Å²) in [5.41, 5.74) is 1.56. The molecule has 1 aromatic heterocycles. The van der Waals surface area contributed by atoms with Crippen LogP contribution in [0.1, 0.15) is 60.3 Å². The van der Waals surface area contributed by atoms with Crippen LogP contribution >= 0.6 is 0 Å². The van der Waals surface area contributed by atoms with Crippen molar-refractivity contribution in [3.8, 4) is 0 Å². The molecule has 0 saturated heterocycles. The maximum atomic E-state index is 12.6. The first kappa shape index (κ1) is 19.6. The lowest BCUT2D eigenvalue weighted by Crippen LogP contribution is -2.27. The van der Waals surface area contributed by atoms with Gasteiger partial charge < -0.3 is 10.2 Å². The van der Waals surface area contributed by atoms with E-state index in [2.05, 4.69) is 34.0 Å². The van der Waals surface area contributed by atoms with Gasteiger partial charge in [-0.15, -0.1) is 0 Å². The van der Waals surface area contributed by atoms with Crippen LogP contribution in [-0.4, -0.2) is 34.7 Å². The largest absolute Gasteiger partial charge is 0.357 e. The molecule has 1 N–H and O–H groups in total. The second-order valence-corrected chi connectivity index (χ2v) is 6.23. The third-order valence-corrected chi connectivity index (χ3v) is 3.92. The first-order valence-electron chi connectivity index (χ1n) is 8.97. The number of aryl methyl sites for hydroxylation is 1. The van der Waals surface area contributed by atoms with Crippen LogP contribution in [0.15, 0.2) is 30.3 Å². The highest BCUT2D eigenvalue weighted by atomic mass is 16.2. The fourth-order valence-electron chi connectivity index (χ4n) is 2.69. The minimum Gasteiger partial charge on any atom is -0.357 e. The first-order chi connectivity index (χ1) is 12.4. The molecule has 0 atom stereocenters. The van der Waals surface area contributed by atoms with Crippen LogP contribution in [0.5, 0.6) is 0 Å². The molecule has 0 saturated carbocycles. The predicted octanol–water partition coefficient (Wildman–Crippen LogP) is 3.87. The van der Waals surface area contributed by atoms with E-state index in [-0.39, 0.29) is 11.7 Å². The number of nitrogens with zero attached hydrogens (tertiary/aromatic N) is 3. The molecule has 1 aromatic carbocycles. The van der Waals surface area contributed by atoms with Crippen LogP contribution in [0.2, 0.25) is 0 Å². The van der Waals surface area contributed by atoms with Crippen molar-refractivity contribution in [1.29, 1.82) is 0 Å². The number of carbonyl (C=O) groups is 2. The number of hydrogen-bond acceptors (Lipinski definition) is 5. The lowest BCUT2D eigenvalue weighted by Gasteiger charge is -2.23. The second kappa shape index (κ2) is 9.08. The monoisotopic (exact) mass is 354 g/mol. The van der Waals surface area contributed by atoms with Crippen molar-refractivity contribution in [3.05, 3.63) is 47.4 Å². The summed E-state index contributed by atoms with van der Waals surface area (Å²) in [5.74, 6) is 1.04. The van der Waals surface area contributed by atoms with Gasteiger partial charge in [-0.2, -0.15) is 0 Å². The molecular formula is C20H26N4O2. The molecule has 0 spiro atoms. The number of hydrogen-bond donors (Lipinski definition) is 1. The molecule has 0 aliphatic carbocycles. The van der Waals surface area contributed by atoms with Crippen LogP contribution in [0, 0.1) is 6.92 Å². The fourth-order valence-corrected chi connectivity index (χ4v) is 2.69. The van der Waals surface area contributed by atoms with Crippen LogP contribution in [0.4, 0.5) is 11.5 Å². The standard InChI is InChI=1S/C20H26N4O2/c1-5-11-24(12-6-2)19-13-18(21-15(4)22-19)20(26)23-17-9-7-16(8-10-17)14(3)25/h7-10,13H,5-6,11-12H2,1-4H3,(H,23,26). The molecule has 2 aromatic rings. The molecule has 0 unspecified atom stereocenters. The van der Waals surface area contributed by atoms with E-state index in [1.807, 2.05) is 0 Å². The number of Topliss-reactive ketones (excluding diaryl/α,β-unsaturated/α-hetero) is 1. The van der Waals surface area contributed by atoms with E-state index in [1.165, 1.54) is 6.92 Å². The predicted molar refractivity (Wildman–Crippen MR) is 104 cm³/mol. The maximum Gasteiger partial charge on any atom is 0.274 e. The van der Waals surface area contributed by atoms with Crippen LogP contribution in [-0.2, 0) is 0 Å². The third kappa shape index (κ3) is 5.12. The number of aromatic nitrogens is 2. The van der Waals surface area contributed by atoms with Gasteiger partial charge in [-0.3, -0.25) is 9.59 Å². The number of ketones is 1. The Balaban J connectivity index is 2.21. The molecule has 0 bridgehead atoms. The zero-order chi connectivity index (χ0) is 19.1. The number of rotatable bonds is 8. The van der Waals surface area contributed by atoms with E-state index in [0.717, 1.165) is 31.7 Å². The summed E-state index contributed by atoms with van der Waals surface area (Å²) >= 11 is 0. The number of nitrogens with one attached hydrogen (secondary N) is 1. The smallest absolute Gasteiger partial charge is 0.274 e. The molecule has 1 amide bonds. The Labute approximate surface area is 154 Å². The van der Waals surface area contributed by atoms with Crippen molar-refractivity contribution in [2.75, 3.05) is 23.3 Å². The molecule has 0 fully saturated rings. The number of carbonyl (C=O) groups excluding carboxylic acids is 2. The van der Waals surface area contributed by atoms with Gasteiger partial charge in [-0.1, -0.05) is 13.8 Å². The van der Waals surface area contributed by atoms with Gasteiger partial charge in [-0.05, 0) is 51.0 Å². The van der Waals surface area contributed by atoms with Gasteiger partial charge in [0.25, 0.3) is 5.91 Å². The van der Waals surface area contributed by atoms with E-state index in [1.54, 1.807) is 37.3 Å². The highest BCUT2D eigenvalue weighted by Gasteiger charge is 2.14. The van der Waals surface area contributed by atoms with E-state index in [4.69, 9.17) is 0 Å². The van der Waals surface area contributed by atoms with E-state index in [9.17, 15) is 9.59 Å². The Bertz CT molecular complexity index is 766. The molecule has 0 radical (unpaired) electrons. The van der Waals surface area contributed by atoms with Crippen LogP contribution in [0.25, 0.3) is 0 Å². The average Bonchev–Trinajstić information content (AvgIpc) is 2.61. The second-order valence-electron chi connectivity index (χ2n) is 6.23. The van der Waals surface area contributed by atoms with Crippen molar-refractivity contribution in [3.63, 3.8) is 0 Å². The van der Waals surface area contributed by atoms with Gasteiger partial charge in [0, 0.05) is 30.4 Å². The van der Waals surface area contributed by atoms with Gasteiger partial charge in [-0.25, -0.2) is 9.97 Å². The zero-order valence-corrected chi connectivity index (χ0v) is 15.9. The summed E-state index contributed by atoms with van der Waals surface area (Å²) in [6.45, 7) is 9.31. The summed E-state index contributed by atoms with van der Waals surface area (Å²) in [6.07, 6.45) is 2.01. The highest BCUT2D eigenvalue weighted by Crippen LogP contribution is 2.16. The minimum atomic E-state index is -0.291. The summed E-state index contributed by atoms with van der Waals surface area (Å²) in [5, 5.41) is 2.82. The van der Waals surface area contributed by atoms with E-state index in [0.29, 0.717) is 22.8 Å². The lowest BCUT2D eigenvalue weighted by molar-refractivity contribution is 0.101. The van der Waals surface area contributed by atoms with Crippen LogP contribution < -0.4 is 10.2 Å². The number of amides is 1. The zero-order valence-electron chi connectivity index (χ0n) is 15.9. The van der Waals surface area contributed by atoms with Gasteiger partial charge in [0.1, 0.15) is 17.3 Å². The molecule has 6 nitrogen and oxygen atoms in total. The Morgan fingerprint density at radius 3 is 2.19 bits per heavy atom. The van der Waals surface area contributed by atoms with Gasteiger partial charge >= 0.3 is 0 Å². The van der Waals surface area contributed by atoms with Gasteiger partial charge in [0.15, 0.2) is 5.78 Å².